The largest absolute Gasteiger partial charge is 0.447 e. The predicted octanol–water partition coefficient (Wildman–Crippen LogP) is 5.08. The van der Waals surface area contributed by atoms with Gasteiger partial charge in [-0.1, -0.05) is 41.5 Å². The number of ether oxygens (including phenoxy) is 4. The van der Waals surface area contributed by atoms with E-state index < -0.39 is 12.2 Å². The first-order chi connectivity index (χ1) is 18.2. The van der Waals surface area contributed by atoms with Crippen molar-refractivity contribution < 1.29 is 28.5 Å². The monoisotopic (exact) mass is 552 g/mol. The van der Waals surface area contributed by atoms with Crippen molar-refractivity contribution in [2.24, 2.45) is 31.6 Å². The van der Waals surface area contributed by atoms with E-state index in [-0.39, 0.29) is 47.0 Å². The number of rotatable bonds is 12. The molecular weight excluding hydrogens is 500 g/mol. The molecule has 0 spiro atoms. The summed E-state index contributed by atoms with van der Waals surface area (Å²) in [4.78, 5) is 33.6. The Labute approximate surface area is 235 Å². The lowest BCUT2D eigenvalue weighted by Crippen LogP contribution is -2.48. The summed E-state index contributed by atoms with van der Waals surface area (Å²) in [7, 11) is 3.15. The number of methoxy groups -OCH3 is 2. The number of alkyl carbamates (subject to hydrolysis) is 2. The minimum absolute atomic E-state index is 0.0227. The Hall–Kier alpha value is -2.16. The van der Waals surface area contributed by atoms with Crippen molar-refractivity contribution >= 4 is 18.2 Å². The van der Waals surface area contributed by atoms with Crippen LogP contribution in [-0.2, 0) is 18.9 Å². The van der Waals surface area contributed by atoms with Crippen molar-refractivity contribution in [3.05, 3.63) is 0 Å². The zero-order chi connectivity index (χ0) is 29.2. The van der Waals surface area contributed by atoms with Crippen molar-refractivity contribution in [3.8, 4) is 0 Å². The Kier molecular flexibility index (Phi) is 12.3. The summed E-state index contributed by atoms with van der Waals surface area (Å²) in [6, 6.07) is 3.12. The predicted molar refractivity (Wildman–Crippen MR) is 151 cm³/mol. The van der Waals surface area contributed by atoms with E-state index in [2.05, 4.69) is 63.2 Å². The van der Waals surface area contributed by atoms with E-state index >= 15 is 0 Å². The Morgan fingerprint density at radius 3 is 2.03 bits per heavy atom. The molecule has 0 heterocycles. The second kappa shape index (κ2) is 14.5. The highest BCUT2D eigenvalue weighted by atomic mass is 16.6. The van der Waals surface area contributed by atoms with Gasteiger partial charge in [0, 0.05) is 26.8 Å². The number of carbonyl (C=O) groups is 2. The Balaban J connectivity index is 1.97. The van der Waals surface area contributed by atoms with Gasteiger partial charge in [0.1, 0.15) is 13.2 Å². The molecule has 2 rings (SSSR count). The van der Waals surface area contributed by atoms with E-state index in [1.807, 2.05) is 0 Å². The summed E-state index contributed by atoms with van der Waals surface area (Å²) in [6.07, 6.45) is 4.68. The molecular formula is C29H52N4O6. The molecule has 0 aromatic heterocycles. The SMILES string of the molecule is COCCOC(=O)NCC1(C)CC(N=C=NCC2(C)CC(NC(=O)OCCOC)CC(C)(C)C2)CC(C)(C)C1. The van der Waals surface area contributed by atoms with Crippen molar-refractivity contribution in [3.63, 3.8) is 0 Å². The molecule has 224 valence electrons. The van der Waals surface area contributed by atoms with Crippen LogP contribution in [0.3, 0.4) is 0 Å². The number of hydrogen-bond donors (Lipinski definition) is 2. The molecule has 2 N–H and O–H groups in total. The summed E-state index contributed by atoms with van der Waals surface area (Å²) >= 11 is 0. The average molecular weight is 553 g/mol. The van der Waals surface area contributed by atoms with Gasteiger partial charge >= 0.3 is 12.2 Å². The van der Waals surface area contributed by atoms with Crippen LogP contribution in [0.5, 0.6) is 0 Å². The van der Waals surface area contributed by atoms with Gasteiger partial charge in [0.25, 0.3) is 0 Å². The molecule has 4 unspecified atom stereocenters. The van der Waals surface area contributed by atoms with Gasteiger partial charge in [-0.05, 0) is 60.2 Å². The molecule has 0 bridgehead atoms. The number of nitrogens with zero attached hydrogens (tertiary/aromatic N) is 2. The topological polar surface area (TPSA) is 120 Å². The molecule has 0 aromatic rings. The smallest absolute Gasteiger partial charge is 0.407 e. The fourth-order valence-corrected chi connectivity index (χ4v) is 6.99. The normalized spacial score (nSPS) is 29.4. The van der Waals surface area contributed by atoms with E-state index in [1.165, 1.54) is 0 Å². The Morgan fingerprint density at radius 2 is 1.38 bits per heavy atom. The molecule has 10 heteroatoms. The summed E-state index contributed by atoms with van der Waals surface area (Å²) < 4.78 is 20.2. The lowest BCUT2D eigenvalue weighted by Gasteiger charge is -2.46. The minimum Gasteiger partial charge on any atom is -0.447 e. The number of amides is 2. The molecule has 0 saturated heterocycles. The van der Waals surface area contributed by atoms with Gasteiger partial charge < -0.3 is 29.6 Å². The molecule has 2 aliphatic rings. The molecule has 39 heavy (non-hydrogen) atoms. The molecule has 0 aliphatic heterocycles. The quantitative estimate of drug-likeness (QED) is 0.258. The van der Waals surface area contributed by atoms with Gasteiger partial charge in [0.15, 0.2) is 0 Å². The van der Waals surface area contributed by atoms with Crippen LogP contribution in [0.2, 0.25) is 0 Å². The van der Waals surface area contributed by atoms with Crippen molar-refractivity contribution in [2.75, 3.05) is 53.7 Å². The van der Waals surface area contributed by atoms with Gasteiger partial charge in [-0.3, -0.25) is 0 Å². The molecule has 0 aromatic carbocycles. The van der Waals surface area contributed by atoms with E-state index in [9.17, 15) is 9.59 Å². The zero-order valence-corrected chi connectivity index (χ0v) is 25.5. The highest BCUT2D eigenvalue weighted by molar-refractivity contribution is 5.67. The van der Waals surface area contributed by atoms with Gasteiger partial charge in [-0.2, -0.15) is 0 Å². The lowest BCUT2D eigenvalue weighted by atomic mass is 9.62. The maximum Gasteiger partial charge on any atom is 0.407 e. The van der Waals surface area contributed by atoms with Crippen molar-refractivity contribution in [1.29, 1.82) is 0 Å². The highest BCUT2D eigenvalue weighted by Gasteiger charge is 2.43. The zero-order valence-electron chi connectivity index (χ0n) is 25.5. The standard InChI is InChI=1S/C29H52N4O6/c1-26(2)13-22(15-29(6,18-26)20-31-24(34)38-11-9-36-7)32-21-30-19-28(5)16-23(14-27(3,4)17-28)33-25(35)39-12-10-37-8/h22-23H,9-20H2,1-8H3,(H,31,34)(H,33,35). The van der Waals surface area contributed by atoms with Crippen LogP contribution in [0.4, 0.5) is 9.59 Å². The Bertz CT molecular complexity index is 872. The van der Waals surface area contributed by atoms with E-state index in [0.29, 0.717) is 26.3 Å². The average Bonchev–Trinajstić information content (AvgIpc) is 2.78. The van der Waals surface area contributed by atoms with Crippen LogP contribution in [0, 0.1) is 21.7 Å². The van der Waals surface area contributed by atoms with E-state index in [1.54, 1.807) is 14.2 Å². The Morgan fingerprint density at radius 1 is 0.795 bits per heavy atom. The molecule has 2 saturated carbocycles. The van der Waals surface area contributed by atoms with E-state index in [0.717, 1.165) is 38.5 Å². The molecule has 4 atom stereocenters. The third-order valence-corrected chi connectivity index (χ3v) is 7.66. The van der Waals surface area contributed by atoms with Crippen LogP contribution in [-0.4, -0.2) is 84.0 Å². The summed E-state index contributed by atoms with van der Waals surface area (Å²) in [5.41, 5.74) is -0.0339. The van der Waals surface area contributed by atoms with Gasteiger partial charge in [0.2, 0.25) is 0 Å². The first-order valence-corrected chi connectivity index (χ1v) is 14.1. The molecule has 0 radical (unpaired) electrons. The van der Waals surface area contributed by atoms with Crippen LogP contribution in [0.15, 0.2) is 9.98 Å². The maximum absolute atomic E-state index is 12.2. The van der Waals surface area contributed by atoms with Crippen LogP contribution < -0.4 is 10.6 Å². The molecule has 2 amide bonds. The van der Waals surface area contributed by atoms with Gasteiger partial charge in [-0.15, -0.1) is 0 Å². The number of carbonyl (C=O) groups excluding carboxylic acids is 2. The van der Waals surface area contributed by atoms with Crippen LogP contribution in [0.1, 0.15) is 80.1 Å². The molecule has 10 nitrogen and oxygen atoms in total. The highest BCUT2D eigenvalue weighted by Crippen LogP contribution is 2.47. The lowest BCUT2D eigenvalue weighted by molar-refractivity contribution is 0.0642. The third kappa shape index (κ3) is 12.3. The fraction of sp³-hybridized carbons (Fsp3) is 0.897. The second-order valence-corrected chi connectivity index (χ2v) is 13.8. The number of nitrogens with one attached hydrogen (secondary N) is 2. The second-order valence-electron chi connectivity index (χ2n) is 13.8. The van der Waals surface area contributed by atoms with Crippen LogP contribution >= 0.6 is 0 Å². The summed E-state index contributed by atoms with van der Waals surface area (Å²) in [5.74, 6) is 0. The molecule has 2 aliphatic carbocycles. The number of hydrogen-bond acceptors (Lipinski definition) is 8. The summed E-state index contributed by atoms with van der Waals surface area (Å²) in [6.45, 7) is 15.7. The third-order valence-electron chi connectivity index (χ3n) is 7.66. The minimum atomic E-state index is -0.419. The first-order valence-electron chi connectivity index (χ1n) is 14.1. The van der Waals surface area contributed by atoms with Gasteiger partial charge in [0.05, 0.1) is 31.8 Å². The first kappa shape index (κ1) is 33.0. The van der Waals surface area contributed by atoms with Gasteiger partial charge in [-0.25, -0.2) is 19.6 Å². The van der Waals surface area contributed by atoms with E-state index in [4.69, 9.17) is 23.9 Å². The number of aliphatic imine (C=N–C) groups is 2. The van der Waals surface area contributed by atoms with Crippen LogP contribution in [0.25, 0.3) is 0 Å². The van der Waals surface area contributed by atoms with Crippen molar-refractivity contribution in [1.82, 2.24) is 10.6 Å². The van der Waals surface area contributed by atoms with Crippen molar-refractivity contribution in [2.45, 2.75) is 92.2 Å². The maximum atomic E-state index is 12.2. The fourth-order valence-electron chi connectivity index (χ4n) is 6.99. The molecule has 2 fully saturated rings. The summed E-state index contributed by atoms with van der Waals surface area (Å²) in [5, 5.41) is 5.95.